The first kappa shape index (κ1) is 27.4. The Balaban J connectivity index is 1.52. The van der Waals surface area contributed by atoms with E-state index in [4.69, 9.17) is 4.98 Å². The van der Waals surface area contributed by atoms with E-state index in [9.17, 15) is 4.79 Å². The lowest BCUT2D eigenvalue weighted by molar-refractivity contribution is -0.116. The number of hydrogen-bond acceptors (Lipinski definition) is 4. The number of pyridine rings is 2. The maximum Gasteiger partial charge on any atom is 0.224 e. The lowest BCUT2D eigenvalue weighted by atomic mass is 9.93. The fourth-order valence-electron chi connectivity index (χ4n) is 4.92. The first-order valence-corrected chi connectivity index (χ1v) is 14.2. The predicted octanol–water partition coefficient (Wildman–Crippen LogP) is 7.19. The molecule has 5 rings (SSSR count). The molecular formula is C33H34N5OP. The third-order valence-electron chi connectivity index (χ3n) is 6.83. The van der Waals surface area contributed by atoms with Crippen molar-refractivity contribution in [2.45, 2.75) is 40.0 Å². The van der Waals surface area contributed by atoms with Crippen LogP contribution in [-0.2, 0) is 11.2 Å². The number of nitrogens with one attached hydrogen (secondary N) is 2. The smallest absolute Gasteiger partial charge is 0.224 e. The summed E-state index contributed by atoms with van der Waals surface area (Å²) in [4.78, 5) is 29.7. The lowest BCUT2D eigenvalue weighted by Gasteiger charge is -2.14. The number of aromatic nitrogens is 4. The van der Waals surface area contributed by atoms with E-state index in [0.717, 1.165) is 62.6 Å². The van der Waals surface area contributed by atoms with Crippen molar-refractivity contribution in [3.63, 3.8) is 0 Å². The molecule has 0 aliphatic carbocycles. The van der Waals surface area contributed by atoms with Crippen molar-refractivity contribution in [3.05, 3.63) is 96.8 Å². The van der Waals surface area contributed by atoms with Crippen LogP contribution in [0.5, 0.6) is 0 Å². The first-order chi connectivity index (χ1) is 19.3. The van der Waals surface area contributed by atoms with Crippen LogP contribution in [0.1, 0.15) is 50.6 Å². The highest BCUT2D eigenvalue weighted by atomic mass is 31.0. The van der Waals surface area contributed by atoms with E-state index in [0.29, 0.717) is 17.9 Å². The first-order valence-electron chi connectivity index (χ1n) is 13.6. The van der Waals surface area contributed by atoms with Gasteiger partial charge < -0.3 is 10.3 Å². The van der Waals surface area contributed by atoms with Crippen molar-refractivity contribution in [1.29, 1.82) is 0 Å². The number of fused-ring (bicyclic) bond motifs is 1. The van der Waals surface area contributed by atoms with Crippen molar-refractivity contribution in [2.75, 3.05) is 5.32 Å². The summed E-state index contributed by atoms with van der Waals surface area (Å²) < 4.78 is 0. The summed E-state index contributed by atoms with van der Waals surface area (Å²) in [7, 11) is 2.80. The highest BCUT2D eigenvalue weighted by Crippen LogP contribution is 2.33. The Hall–Kier alpha value is -4.15. The Morgan fingerprint density at radius 3 is 2.58 bits per heavy atom. The molecule has 0 bridgehead atoms. The number of rotatable bonds is 9. The molecule has 3 heterocycles. The van der Waals surface area contributed by atoms with E-state index in [1.54, 1.807) is 6.20 Å². The van der Waals surface area contributed by atoms with Gasteiger partial charge in [0, 0.05) is 35.5 Å². The number of aromatic amines is 1. The van der Waals surface area contributed by atoms with Crippen LogP contribution in [0, 0.1) is 5.92 Å². The number of imidazole rings is 1. The Morgan fingerprint density at radius 1 is 1.00 bits per heavy atom. The minimum atomic E-state index is -0.00987. The van der Waals surface area contributed by atoms with E-state index >= 15 is 0 Å². The molecule has 2 aromatic carbocycles. The van der Waals surface area contributed by atoms with Gasteiger partial charge in [-0.3, -0.25) is 14.8 Å². The van der Waals surface area contributed by atoms with Crippen molar-refractivity contribution in [1.82, 2.24) is 19.9 Å². The number of anilines is 1. The molecule has 6 nitrogen and oxygen atoms in total. The molecule has 5 aromatic rings. The fourth-order valence-corrected chi connectivity index (χ4v) is 5.28. The van der Waals surface area contributed by atoms with Gasteiger partial charge in [-0.2, -0.15) is 0 Å². The Bertz CT molecular complexity index is 1700. The van der Waals surface area contributed by atoms with E-state index in [-0.39, 0.29) is 11.8 Å². The van der Waals surface area contributed by atoms with Crippen LogP contribution >= 0.6 is 9.24 Å². The molecule has 0 radical (unpaired) electrons. The normalized spacial score (nSPS) is 11.2. The number of nitrogens with zero attached hydrogens (tertiary/aromatic N) is 3. The van der Waals surface area contributed by atoms with E-state index in [1.165, 1.54) is 5.56 Å². The summed E-state index contributed by atoms with van der Waals surface area (Å²) in [5.74, 6) is 0.994. The number of H-pyrrole nitrogens is 1. The molecule has 0 fully saturated rings. The number of hydrogen-bond donors (Lipinski definition) is 2. The number of carbonyl (C=O) groups excluding carboxylic acids is 1. The maximum absolute atomic E-state index is 12.3. The minimum Gasteiger partial charge on any atom is -0.337 e. The zero-order valence-electron chi connectivity index (χ0n) is 23.2. The molecule has 202 valence electrons. The highest BCUT2D eigenvalue weighted by Gasteiger charge is 2.17. The molecule has 1 atom stereocenters. The molecule has 0 aliphatic heterocycles. The third kappa shape index (κ3) is 5.88. The van der Waals surface area contributed by atoms with Gasteiger partial charge in [-0.15, -0.1) is 9.24 Å². The van der Waals surface area contributed by atoms with Crippen LogP contribution < -0.4 is 10.6 Å². The number of aryl methyl sites for hydroxylation is 1. The van der Waals surface area contributed by atoms with Crippen LogP contribution in [0.3, 0.4) is 0 Å². The molecular weight excluding hydrogens is 513 g/mol. The molecule has 1 unspecified atom stereocenters. The van der Waals surface area contributed by atoms with Gasteiger partial charge in [0.05, 0.1) is 29.1 Å². The van der Waals surface area contributed by atoms with Crippen LogP contribution in [0.15, 0.2) is 79.9 Å². The molecule has 0 spiro atoms. The zero-order valence-corrected chi connectivity index (χ0v) is 24.3. The van der Waals surface area contributed by atoms with Crippen molar-refractivity contribution < 1.29 is 4.79 Å². The second-order valence-corrected chi connectivity index (χ2v) is 11.1. The van der Waals surface area contributed by atoms with Gasteiger partial charge in [0.15, 0.2) is 0 Å². The molecule has 1 amide bonds. The van der Waals surface area contributed by atoms with Crippen molar-refractivity contribution in [3.8, 4) is 22.3 Å². The molecule has 7 heteroatoms. The summed E-state index contributed by atoms with van der Waals surface area (Å²) in [6.45, 7) is 10.7. The summed E-state index contributed by atoms with van der Waals surface area (Å²) in [6.07, 6.45) is 9.57. The minimum absolute atomic E-state index is 0.00987. The second-order valence-electron chi connectivity index (χ2n) is 10.5. The third-order valence-corrected chi connectivity index (χ3v) is 7.34. The topological polar surface area (TPSA) is 83.6 Å². The maximum atomic E-state index is 12.3. The molecule has 40 heavy (non-hydrogen) atoms. The monoisotopic (exact) mass is 547 g/mol. The zero-order chi connectivity index (χ0) is 28.2. The molecule has 0 saturated carbocycles. The van der Waals surface area contributed by atoms with E-state index in [2.05, 4.69) is 73.3 Å². The van der Waals surface area contributed by atoms with Gasteiger partial charge in [-0.05, 0) is 52.0 Å². The van der Waals surface area contributed by atoms with Gasteiger partial charge >= 0.3 is 0 Å². The molecule has 3 aromatic heterocycles. The number of carbonyl (C=O) groups is 1. The predicted molar refractivity (Wildman–Crippen MR) is 169 cm³/mol. The van der Waals surface area contributed by atoms with Gasteiger partial charge in [-0.1, -0.05) is 70.2 Å². The average Bonchev–Trinajstić information content (AvgIpc) is 3.38. The Labute approximate surface area is 237 Å². The van der Waals surface area contributed by atoms with Crippen LogP contribution in [0.25, 0.3) is 38.9 Å². The fraction of sp³-hybridized carbons (Fsp3) is 0.212. The summed E-state index contributed by atoms with van der Waals surface area (Å²) in [5, 5.41) is 4.07. The average molecular weight is 548 g/mol. The standard InChI is InChI=1S/C33H34N5OP/c1-5-8-22-11-12-23(24-14-25(17-34-16-24)36-31(39)13-20(2)3)15-27(22)21(4)33-37-29-19-35-18-28(32(29)38-33)26-9-6-7-10-30(26)40/h6-7,9-12,14-20H,4-5,8,13,40H2,1-3H3,(H,36,39)(H,37,38). The van der Waals surface area contributed by atoms with Gasteiger partial charge in [-0.25, -0.2) is 4.98 Å². The second kappa shape index (κ2) is 11.9. The molecule has 0 aliphatic rings. The lowest BCUT2D eigenvalue weighted by Crippen LogP contribution is -2.13. The SMILES string of the molecule is C=C(c1nc2c(-c3ccccc3P)cncc2[nH]1)c1cc(-c2cncc(NC(=O)CC(C)C)c2)ccc1CCC. The Kier molecular flexibility index (Phi) is 8.18. The van der Waals surface area contributed by atoms with Crippen LogP contribution in [0.2, 0.25) is 0 Å². The molecule has 2 N–H and O–H groups in total. The van der Waals surface area contributed by atoms with E-state index < -0.39 is 0 Å². The van der Waals surface area contributed by atoms with Crippen molar-refractivity contribution >= 4 is 42.7 Å². The van der Waals surface area contributed by atoms with E-state index in [1.807, 2.05) is 50.6 Å². The molecule has 0 saturated heterocycles. The highest BCUT2D eigenvalue weighted by molar-refractivity contribution is 7.28. The summed E-state index contributed by atoms with van der Waals surface area (Å²) in [6, 6.07) is 16.6. The van der Waals surface area contributed by atoms with Crippen molar-refractivity contribution in [2.24, 2.45) is 5.92 Å². The number of amides is 1. The van der Waals surface area contributed by atoms with Gasteiger partial charge in [0.2, 0.25) is 5.91 Å². The van der Waals surface area contributed by atoms with Crippen LogP contribution in [-0.4, -0.2) is 25.8 Å². The number of benzene rings is 2. The largest absolute Gasteiger partial charge is 0.337 e. The van der Waals surface area contributed by atoms with Gasteiger partial charge in [0.1, 0.15) is 5.82 Å². The summed E-state index contributed by atoms with van der Waals surface area (Å²) >= 11 is 0. The van der Waals surface area contributed by atoms with Crippen LogP contribution in [0.4, 0.5) is 5.69 Å². The quantitative estimate of drug-likeness (QED) is 0.191. The Morgan fingerprint density at radius 2 is 1.80 bits per heavy atom. The summed E-state index contributed by atoms with van der Waals surface area (Å²) in [5.41, 5.74) is 9.46. The van der Waals surface area contributed by atoms with Gasteiger partial charge in [0.25, 0.3) is 0 Å².